The Morgan fingerprint density at radius 3 is 2.83 bits per heavy atom. The van der Waals surface area contributed by atoms with Gasteiger partial charge in [-0.05, 0) is 18.2 Å². The molecule has 2 aromatic rings. The van der Waals surface area contributed by atoms with Crippen LogP contribution in [0.3, 0.4) is 0 Å². The molecule has 7 heteroatoms. The van der Waals surface area contributed by atoms with Gasteiger partial charge in [0.25, 0.3) is 0 Å². The van der Waals surface area contributed by atoms with Crippen molar-refractivity contribution in [2.45, 2.75) is 0 Å². The van der Waals surface area contributed by atoms with Crippen molar-refractivity contribution in [2.75, 3.05) is 11.5 Å². The molecule has 0 aliphatic heterocycles. The Hall–Kier alpha value is -2.02. The van der Waals surface area contributed by atoms with E-state index >= 15 is 0 Å². The number of Topliss-reactive ketones (excluding diaryl/α,β-unsaturated/α-hetero) is 1. The van der Waals surface area contributed by atoms with Gasteiger partial charge in [-0.3, -0.25) is 14.6 Å². The Bertz CT molecular complexity index is 657. The van der Waals surface area contributed by atoms with E-state index in [9.17, 15) is 14.4 Å². The zero-order chi connectivity index (χ0) is 13.1. The fourth-order valence-corrected chi connectivity index (χ4v) is 2.06. The smallest absolute Gasteiger partial charge is 0.417 e. The van der Waals surface area contributed by atoms with Crippen molar-refractivity contribution in [3.63, 3.8) is 0 Å². The molecule has 18 heavy (non-hydrogen) atoms. The lowest BCUT2D eigenvalue weighted by molar-refractivity contribution is -0.133. The summed E-state index contributed by atoms with van der Waals surface area (Å²) in [6, 6.07) is 4.61. The van der Waals surface area contributed by atoms with Gasteiger partial charge in [-0.25, -0.2) is 4.79 Å². The molecule has 0 aliphatic carbocycles. The monoisotopic (exact) mass is 267 g/mol. The van der Waals surface area contributed by atoms with E-state index in [0.717, 1.165) is 11.8 Å². The fraction of sp³-hybridized carbons (Fsp3) is 0.182. The van der Waals surface area contributed by atoms with Gasteiger partial charge < -0.3 is 9.52 Å². The zero-order valence-corrected chi connectivity index (χ0v) is 9.95. The van der Waals surface area contributed by atoms with Crippen LogP contribution in [-0.2, 0) is 4.79 Å². The number of aromatic nitrogens is 1. The molecule has 2 rings (SSSR count). The van der Waals surface area contributed by atoms with E-state index in [-0.39, 0.29) is 17.3 Å². The third-order valence-electron chi connectivity index (χ3n) is 2.20. The summed E-state index contributed by atoms with van der Waals surface area (Å²) in [6.45, 7) is 0. The van der Waals surface area contributed by atoms with Crippen LogP contribution in [0, 0.1) is 0 Å². The van der Waals surface area contributed by atoms with Crippen molar-refractivity contribution in [3.05, 3.63) is 34.3 Å². The van der Waals surface area contributed by atoms with Gasteiger partial charge in [-0.15, -0.1) is 11.8 Å². The number of thioether (sulfide) groups is 1. The summed E-state index contributed by atoms with van der Waals surface area (Å²) in [5.74, 6) is -1.78. The van der Waals surface area contributed by atoms with Crippen molar-refractivity contribution < 1.29 is 19.1 Å². The van der Waals surface area contributed by atoms with Crippen LogP contribution in [0.4, 0.5) is 0 Å². The maximum atomic E-state index is 11.7. The number of aromatic amines is 1. The number of carboxylic acids is 1. The summed E-state index contributed by atoms with van der Waals surface area (Å²) >= 11 is 1.03. The normalized spacial score (nSPS) is 10.7. The maximum Gasteiger partial charge on any atom is 0.417 e. The Balaban J connectivity index is 2.12. The number of H-pyrrole nitrogens is 1. The van der Waals surface area contributed by atoms with Crippen molar-refractivity contribution in [2.24, 2.45) is 0 Å². The van der Waals surface area contributed by atoms with Crippen molar-refractivity contribution in [1.29, 1.82) is 0 Å². The molecule has 0 atom stereocenters. The molecule has 0 aliphatic rings. The van der Waals surface area contributed by atoms with E-state index in [1.54, 1.807) is 12.1 Å². The number of benzene rings is 1. The molecular weight excluding hydrogens is 258 g/mol. The number of carbonyl (C=O) groups is 2. The first-order valence-corrected chi connectivity index (χ1v) is 6.17. The molecule has 0 bridgehead atoms. The number of hydrogen-bond acceptors (Lipinski definition) is 5. The van der Waals surface area contributed by atoms with E-state index < -0.39 is 11.7 Å². The minimum absolute atomic E-state index is 0.0759. The Morgan fingerprint density at radius 1 is 1.33 bits per heavy atom. The summed E-state index contributed by atoms with van der Waals surface area (Å²) in [4.78, 5) is 35.4. The number of ketones is 1. The minimum atomic E-state index is -0.958. The molecule has 94 valence electrons. The molecule has 1 heterocycles. The summed E-state index contributed by atoms with van der Waals surface area (Å²) in [5, 5.41) is 8.46. The van der Waals surface area contributed by atoms with E-state index in [1.807, 2.05) is 0 Å². The zero-order valence-electron chi connectivity index (χ0n) is 9.13. The molecule has 1 aromatic heterocycles. The van der Waals surface area contributed by atoms with Crippen LogP contribution in [-0.4, -0.2) is 33.3 Å². The molecule has 0 saturated carbocycles. The molecule has 0 amide bonds. The topological polar surface area (TPSA) is 100 Å². The van der Waals surface area contributed by atoms with E-state index in [4.69, 9.17) is 9.52 Å². The van der Waals surface area contributed by atoms with Crippen LogP contribution in [0.5, 0.6) is 0 Å². The van der Waals surface area contributed by atoms with Crippen LogP contribution in [0.2, 0.25) is 0 Å². The highest BCUT2D eigenvalue weighted by Gasteiger charge is 2.10. The predicted octanol–water partition coefficient (Wildman–Crippen LogP) is 1.12. The second-order valence-corrected chi connectivity index (χ2v) is 4.52. The van der Waals surface area contributed by atoms with Crippen LogP contribution in [0.25, 0.3) is 11.1 Å². The average Bonchev–Trinajstić information content (AvgIpc) is 2.67. The molecule has 0 unspecified atom stereocenters. The summed E-state index contributed by atoms with van der Waals surface area (Å²) < 4.78 is 4.84. The highest BCUT2D eigenvalue weighted by Crippen LogP contribution is 2.14. The van der Waals surface area contributed by atoms with Crippen molar-refractivity contribution in [1.82, 2.24) is 4.98 Å². The summed E-state index contributed by atoms with van der Waals surface area (Å²) in [6.07, 6.45) is 0. The maximum absolute atomic E-state index is 11.7. The fourth-order valence-electron chi connectivity index (χ4n) is 1.43. The lowest BCUT2D eigenvalue weighted by atomic mass is 10.1. The number of oxazole rings is 1. The van der Waals surface area contributed by atoms with Crippen LogP contribution >= 0.6 is 11.8 Å². The first kappa shape index (κ1) is 12.4. The van der Waals surface area contributed by atoms with Gasteiger partial charge in [0.05, 0.1) is 17.0 Å². The van der Waals surface area contributed by atoms with Gasteiger partial charge in [0.2, 0.25) is 0 Å². The van der Waals surface area contributed by atoms with Gasteiger partial charge in [0.15, 0.2) is 11.4 Å². The third-order valence-corrected chi connectivity index (χ3v) is 3.12. The number of carboxylic acid groups (broad SMARTS) is 1. The SMILES string of the molecule is O=C(O)CSCC(=O)c1ccc2[nH]c(=O)oc2c1. The Morgan fingerprint density at radius 2 is 2.11 bits per heavy atom. The molecule has 2 N–H and O–H groups in total. The van der Waals surface area contributed by atoms with E-state index in [2.05, 4.69) is 4.98 Å². The van der Waals surface area contributed by atoms with Gasteiger partial charge in [-0.1, -0.05) is 0 Å². The number of nitrogens with one attached hydrogen (secondary N) is 1. The number of aliphatic carboxylic acids is 1. The number of fused-ring (bicyclic) bond motifs is 1. The number of rotatable bonds is 5. The number of carbonyl (C=O) groups excluding carboxylic acids is 1. The van der Waals surface area contributed by atoms with Crippen molar-refractivity contribution >= 4 is 34.6 Å². The highest BCUT2D eigenvalue weighted by molar-refractivity contribution is 8.00. The lowest BCUT2D eigenvalue weighted by Gasteiger charge is -1.99. The quantitative estimate of drug-likeness (QED) is 0.787. The van der Waals surface area contributed by atoms with Crippen LogP contribution in [0.1, 0.15) is 10.4 Å². The molecule has 1 aromatic carbocycles. The molecule has 0 fully saturated rings. The van der Waals surface area contributed by atoms with Crippen LogP contribution < -0.4 is 5.76 Å². The predicted molar refractivity (Wildman–Crippen MR) is 66.1 cm³/mol. The highest BCUT2D eigenvalue weighted by atomic mass is 32.2. The lowest BCUT2D eigenvalue weighted by Crippen LogP contribution is -2.06. The first-order chi connectivity index (χ1) is 8.56. The summed E-state index contributed by atoms with van der Waals surface area (Å²) in [5.41, 5.74) is 1.23. The largest absolute Gasteiger partial charge is 0.481 e. The van der Waals surface area contributed by atoms with Gasteiger partial charge in [-0.2, -0.15) is 0 Å². The van der Waals surface area contributed by atoms with E-state index in [0.29, 0.717) is 16.7 Å². The van der Waals surface area contributed by atoms with Gasteiger partial charge in [0, 0.05) is 5.56 Å². The molecule has 0 saturated heterocycles. The van der Waals surface area contributed by atoms with Gasteiger partial charge >= 0.3 is 11.7 Å². The summed E-state index contributed by atoms with van der Waals surface area (Å²) in [7, 11) is 0. The first-order valence-electron chi connectivity index (χ1n) is 5.02. The standard InChI is InChI=1S/C11H9NO5S/c13-8(4-18-5-10(14)15)6-1-2-7-9(3-6)17-11(16)12-7/h1-3H,4-5H2,(H,12,16)(H,14,15). The Kier molecular flexibility index (Phi) is 3.52. The average molecular weight is 267 g/mol. The Labute approximate surface area is 105 Å². The van der Waals surface area contributed by atoms with Crippen molar-refractivity contribution in [3.8, 4) is 0 Å². The van der Waals surface area contributed by atoms with Crippen LogP contribution in [0.15, 0.2) is 27.4 Å². The van der Waals surface area contributed by atoms with E-state index in [1.165, 1.54) is 6.07 Å². The third kappa shape index (κ3) is 2.80. The molecule has 0 spiro atoms. The molecule has 0 radical (unpaired) electrons. The molecular formula is C11H9NO5S. The second-order valence-electron chi connectivity index (χ2n) is 3.54. The molecule has 6 nitrogen and oxygen atoms in total. The minimum Gasteiger partial charge on any atom is -0.481 e. The number of hydrogen-bond donors (Lipinski definition) is 2. The van der Waals surface area contributed by atoms with Gasteiger partial charge in [0.1, 0.15) is 0 Å². The second kappa shape index (κ2) is 5.09.